The molecule has 0 heterocycles. The van der Waals surface area contributed by atoms with Crippen molar-refractivity contribution in [1.29, 1.82) is 0 Å². The van der Waals surface area contributed by atoms with Crippen LogP contribution in [0.5, 0.6) is 0 Å². The standard InChI is InChI=1S/C18H23ClNO2P/c1-3-22-23(21,4-2)18(16-10-12-17(19)13-11-16)20-14-15-8-6-5-7-9-15/h5-13,18,20H,3-4,14H2,1-2H3. The van der Waals surface area contributed by atoms with Gasteiger partial charge in [0.15, 0.2) is 0 Å². The highest BCUT2D eigenvalue weighted by atomic mass is 35.5. The van der Waals surface area contributed by atoms with E-state index < -0.39 is 7.37 Å². The molecule has 2 aromatic rings. The van der Waals surface area contributed by atoms with Crippen LogP contribution in [0.25, 0.3) is 0 Å². The van der Waals surface area contributed by atoms with Crippen molar-refractivity contribution in [3.05, 3.63) is 70.7 Å². The van der Waals surface area contributed by atoms with Gasteiger partial charge >= 0.3 is 0 Å². The first-order chi connectivity index (χ1) is 11.1. The molecule has 0 spiro atoms. The monoisotopic (exact) mass is 351 g/mol. The quantitative estimate of drug-likeness (QED) is 0.641. The number of halogens is 1. The number of hydrogen-bond acceptors (Lipinski definition) is 3. The van der Waals surface area contributed by atoms with Crippen LogP contribution >= 0.6 is 19.0 Å². The number of rotatable bonds is 8. The van der Waals surface area contributed by atoms with E-state index in [1.807, 2.05) is 68.4 Å². The van der Waals surface area contributed by atoms with Gasteiger partial charge in [0, 0.05) is 17.7 Å². The molecule has 0 aliphatic heterocycles. The van der Waals surface area contributed by atoms with Gasteiger partial charge in [-0.1, -0.05) is 61.0 Å². The van der Waals surface area contributed by atoms with E-state index in [1.165, 1.54) is 0 Å². The van der Waals surface area contributed by atoms with Crippen LogP contribution in [-0.4, -0.2) is 12.8 Å². The number of benzene rings is 2. The molecule has 0 radical (unpaired) electrons. The number of hydrogen-bond donors (Lipinski definition) is 1. The lowest BCUT2D eigenvalue weighted by atomic mass is 10.2. The lowest BCUT2D eigenvalue weighted by molar-refractivity contribution is 0.320. The van der Waals surface area contributed by atoms with E-state index in [9.17, 15) is 4.57 Å². The van der Waals surface area contributed by atoms with Crippen molar-refractivity contribution in [2.45, 2.75) is 26.2 Å². The topological polar surface area (TPSA) is 38.3 Å². The summed E-state index contributed by atoms with van der Waals surface area (Å²) >= 11 is 5.98. The van der Waals surface area contributed by atoms with Crippen LogP contribution in [-0.2, 0) is 15.6 Å². The first-order valence-electron chi connectivity index (χ1n) is 7.85. The Labute approximate surface area is 143 Å². The minimum atomic E-state index is -2.84. The van der Waals surface area contributed by atoms with Crippen molar-refractivity contribution in [2.24, 2.45) is 0 Å². The van der Waals surface area contributed by atoms with Crippen molar-refractivity contribution in [3.63, 3.8) is 0 Å². The average molecular weight is 352 g/mol. The summed E-state index contributed by atoms with van der Waals surface area (Å²) in [6.07, 6.45) is 0.482. The summed E-state index contributed by atoms with van der Waals surface area (Å²) < 4.78 is 18.9. The van der Waals surface area contributed by atoms with Gasteiger partial charge in [-0.2, -0.15) is 0 Å². The summed E-state index contributed by atoms with van der Waals surface area (Å²) in [5.41, 5.74) is 2.08. The highest BCUT2D eigenvalue weighted by Gasteiger charge is 2.33. The van der Waals surface area contributed by atoms with E-state index in [2.05, 4.69) is 5.32 Å². The van der Waals surface area contributed by atoms with Gasteiger partial charge in [-0.3, -0.25) is 9.88 Å². The van der Waals surface area contributed by atoms with E-state index in [1.54, 1.807) is 0 Å². The smallest absolute Gasteiger partial charge is 0.223 e. The molecular formula is C18H23ClNO2P. The molecule has 0 fully saturated rings. The fraction of sp³-hybridized carbons (Fsp3) is 0.333. The Bertz CT molecular complexity index is 646. The molecule has 1 N–H and O–H groups in total. The molecule has 2 atom stereocenters. The van der Waals surface area contributed by atoms with Crippen LogP contribution in [0.4, 0.5) is 0 Å². The maximum absolute atomic E-state index is 13.3. The minimum absolute atomic E-state index is 0.343. The average Bonchev–Trinajstić information content (AvgIpc) is 2.58. The van der Waals surface area contributed by atoms with Gasteiger partial charge in [0.1, 0.15) is 5.78 Å². The van der Waals surface area contributed by atoms with E-state index in [0.29, 0.717) is 24.3 Å². The molecule has 23 heavy (non-hydrogen) atoms. The molecule has 0 saturated carbocycles. The normalized spacial score (nSPS) is 15.1. The van der Waals surface area contributed by atoms with Crippen LogP contribution in [0.3, 0.4) is 0 Å². The van der Waals surface area contributed by atoms with Crippen LogP contribution < -0.4 is 5.32 Å². The Morgan fingerprint density at radius 3 is 2.30 bits per heavy atom. The molecule has 0 aliphatic rings. The number of nitrogens with one attached hydrogen (secondary N) is 1. The second-order valence-corrected chi connectivity index (χ2v) is 8.58. The van der Waals surface area contributed by atoms with Crippen molar-refractivity contribution < 1.29 is 9.09 Å². The van der Waals surface area contributed by atoms with Gasteiger partial charge in [0.25, 0.3) is 0 Å². The highest BCUT2D eigenvalue weighted by Crippen LogP contribution is 2.58. The molecule has 124 valence electrons. The SMILES string of the molecule is CCOP(=O)(CC)C(NCc1ccccc1)c1ccc(Cl)cc1. The largest absolute Gasteiger partial charge is 0.327 e. The van der Waals surface area contributed by atoms with Crippen molar-refractivity contribution >= 4 is 19.0 Å². The second-order valence-electron chi connectivity index (χ2n) is 5.28. The first kappa shape index (κ1) is 18.2. The maximum atomic E-state index is 13.3. The van der Waals surface area contributed by atoms with E-state index in [0.717, 1.165) is 11.1 Å². The molecule has 0 saturated heterocycles. The molecule has 2 unspecified atom stereocenters. The minimum Gasteiger partial charge on any atom is -0.327 e. The van der Waals surface area contributed by atoms with Crippen molar-refractivity contribution in [2.75, 3.05) is 12.8 Å². The van der Waals surface area contributed by atoms with Crippen LogP contribution in [0.2, 0.25) is 5.02 Å². The fourth-order valence-corrected chi connectivity index (χ4v) is 4.76. The van der Waals surface area contributed by atoms with Gasteiger partial charge in [-0.05, 0) is 30.2 Å². The second kappa shape index (κ2) is 8.65. The molecular weight excluding hydrogens is 329 g/mol. The van der Waals surface area contributed by atoms with Crippen LogP contribution in [0.1, 0.15) is 30.8 Å². The third kappa shape index (κ3) is 4.92. The Kier molecular flexibility index (Phi) is 6.86. The van der Waals surface area contributed by atoms with Crippen LogP contribution in [0.15, 0.2) is 54.6 Å². The highest BCUT2D eigenvalue weighted by molar-refractivity contribution is 7.59. The van der Waals surface area contributed by atoms with Crippen LogP contribution in [0, 0.1) is 0 Å². The predicted molar refractivity (Wildman–Crippen MR) is 97.2 cm³/mol. The van der Waals surface area contributed by atoms with E-state index in [-0.39, 0.29) is 5.78 Å². The maximum Gasteiger partial charge on any atom is 0.223 e. The molecule has 0 aliphatic carbocycles. The molecule has 3 nitrogen and oxygen atoms in total. The summed E-state index contributed by atoms with van der Waals surface area (Å²) in [4.78, 5) is 0. The molecule has 2 aromatic carbocycles. The molecule has 2 rings (SSSR count). The van der Waals surface area contributed by atoms with Gasteiger partial charge in [-0.25, -0.2) is 0 Å². The third-order valence-corrected chi connectivity index (χ3v) is 6.81. The fourth-order valence-electron chi connectivity index (χ4n) is 2.51. The van der Waals surface area contributed by atoms with Crippen molar-refractivity contribution in [1.82, 2.24) is 5.32 Å². The molecule has 0 aromatic heterocycles. The lowest BCUT2D eigenvalue weighted by Crippen LogP contribution is -2.23. The zero-order chi connectivity index (χ0) is 16.7. The molecule has 0 amide bonds. The summed E-state index contributed by atoms with van der Waals surface area (Å²) in [6.45, 7) is 4.84. The Morgan fingerprint density at radius 2 is 1.74 bits per heavy atom. The lowest BCUT2D eigenvalue weighted by Gasteiger charge is -2.28. The summed E-state index contributed by atoms with van der Waals surface area (Å²) in [5.74, 6) is -0.343. The summed E-state index contributed by atoms with van der Waals surface area (Å²) in [5, 5.41) is 4.08. The van der Waals surface area contributed by atoms with Gasteiger partial charge in [0.05, 0.1) is 6.61 Å². The Morgan fingerprint density at radius 1 is 1.09 bits per heavy atom. The summed E-state index contributed by atoms with van der Waals surface area (Å²) in [6, 6.07) is 17.5. The Hall–Kier alpha value is -1.12. The first-order valence-corrected chi connectivity index (χ1v) is 10.1. The Balaban J connectivity index is 2.27. The molecule has 0 bridgehead atoms. The third-order valence-electron chi connectivity index (χ3n) is 3.71. The van der Waals surface area contributed by atoms with Gasteiger partial charge in [0.2, 0.25) is 7.37 Å². The summed E-state index contributed by atoms with van der Waals surface area (Å²) in [7, 11) is -2.84. The van der Waals surface area contributed by atoms with E-state index >= 15 is 0 Å². The van der Waals surface area contributed by atoms with E-state index in [4.69, 9.17) is 16.1 Å². The zero-order valence-electron chi connectivity index (χ0n) is 13.5. The predicted octanol–water partition coefficient (Wildman–Crippen LogP) is 5.46. The van der Waals surface area contributed by atoms with Crippen molar-refractivity contribution in [3.8, 4) is 0 Å². The zero-order valence-corrected chi connectivity index (χ0v) is 15.2. The molecule has 5 heteroatoms. The van der Waals surface area contributed by atoms with Gasteiger partial charge in [-0.15, -0.1) is 0 Å². The van der Waals surface area contributed by atoms with Gasteiger partial charge < -0.3 is 4.52 Å².